The molecule has 0 radical (unpaired) electrons. The number of rotatable bonds is 3. The highest BCUT2D eigenvalue weighted by Crippen LogP contribution is 2.36. The lowest BCUT2D eigenvalue weighted by atomic mass is 10.1. The van der Waals surface area contributed by atoms with Gasteiger partial charge in [-0.3, -0.25) is 9.20 Å². The second kappa shape index (κ2) is 5.24. The summed E-state index contributed by atoms with van der Waals surface area (Å²) < 4.78 is 2.07. The fraction of sp³-hybridized carbons (Fsp3) is 0. The van der Waals surface area contributed by atoms with E-state index >= 15 is 0 Å². The zero-order valence-corrected chi connectivity index (χ0v) is 12.5. The third-order valence-electron chi connectivity index (χ3n) is 3.55. The van der Waals surface area contributed by atoms with Gasteiger partial charge in [0.1, 0.15) is 5.65 Å². The quantitative estimate of drug-likeness (QED) is 0.521. The van der Waals surface area contributed by atoms with Crippen molar-refractivity contribution in [2.75, 3.05) is 0 Å². The van der Waals surface area contributed by atoms with Crippen LogP contribution in [0.1, 0.15) is 9.67 Å². The van der Waals surface area contributed by atoms with Crippen LogP contribution in [0.4, 0.5) is 0 Å². The molecule has 0 fully saturated rings. The van der Waals surface area contributed by atoms with Gasteiger partial charge in [0.15, 0.2) is 6.29 Å². The molecule has 3 heterocycles. The molecule has 0 saturated carbocycles. The molecule has 3 aromatic heterocycles. The van der Waals surface area contributed by atoms with Gasteiger partial charge in [-0.1, -0.05) is 36.4 Å². The summed E-state index contributed by atoms with van der Waals surface area (Å²) in [6, 6.07) is 19.9. The largest absolute Gasteiger partial charge is 0.298 e. The van der Waals surface area contributed by atoms with E-state index in [-0.39, 0.29) is 0 Å². The number of hydrogen-bond donors (Lipinski definition) is 0. The summed E-state index contributed by atoms with van der Waals surface area (Å²) in [6.07, 6.45) is 2.89. The average Bonchev–Trinajstić information content (AvgIpc) is 3.19. The Labute approximate surface area is 131 Å². The van der Waals surface area contributed by atoms with E-state index in [4.69, 9.17) is 4.98 Å². The number of hydrogen-bond acceptors (Lipinski definition) is 3. The monoisotopic (exact) mass is 304 g/mol. The first-order valence-electron chi connectivity index (χ1n) is 6.95. The summed E-state index contributed by atoms with van der Waals surface area (Å²) in [4.78, 5) is 17.5. The average molecular weight is 304 g/mol. The zero-order chi connectivity index (χ0) is 14.9. The van der Waals surface area contributed by atoms with Gasteiger partial charge < -0.3 is 0 Å². The maximum absolute atomic E-state index is 11.0. The van der Waals surface area contributed by atoms with Crippen molar-refractivity contribution in [1.82, 2.24) is 9.38 Å². The summed E-state index contributed by atoms with van der Waals surface area (Å²) >= 11 is 1.49. The van der Waals surface area contributed by atoms with Crippen LogP contribution >= 0.6 is 11.3 Å². The standard InChI is InChI=1S/C18H12N2OS/c21-12-14-9-10-15(22-14)18-17(13-6-2-1-3-7-13)19-16-8-4-5-11-20(16)18/h1-12H. The van der Waals surface area contributed by atoms with Crippen molar-refractivity contribution in [2.24, 2.45) is 0 Å². The minimum atomic E-state index is 0.722. The lowest BCUT2D eigenvalue weighted by Gasteiger charge is -2.02. The Hall–Kier alpha value is -2.72. The molecule has 0 amide bonds. The van der Waals surface area contributed by atoms with Gasteiger partial charge in [-0.25, -0.2) is 4.98 Å². The third-order valence-corrected chi connectivity index (χ3v) is 4.57. The topological polar surface area (TPSA) is 34.4 Å². The highest BCUT2D eigenvalue weighted by atomic mass is 32.1. The molecule has 4 rings (SSSR count). The van der Waals surface area contributed by atoms with Crippen molar-refractivity contribution in [3.05, 3.63) is 71.7 Å². The molecule has 0 spiro atoms. The third kappa shape index (κ3) is 2.05. The Balaban J connectivity index is 2.04. The number of pyridine rings is 1. The predicted octanol–water partition coefficient (Wildman–Crippen LogP) is 4.54. The first-order valence-corrected chi connectivity index (χ1v) is 7.76. The van der Waals surface area contributed by atoms with Gasteiger partial charge in [0.25, 0.3) is 0 Å². The molecule has 0 aliphatic rings. The van der Waals surface area contributed by atoms with Crippen LogP contribution in [0.3, 0.4) is 0 Å². The number of thiophene rings is 1. The molecule has 0 N–H and O–H groups in total. The fourth-order valence-electron chi connectivity index (χ4n) is 2.57. The van der Waals surface area contributed by atoms with E-state index in [1.165, 1.54) is 11.3 Å². The van der Waals surface area contributed by atoms with Crippen LogP contribution in [0, 0.1) is 0 Å². The number of imidazole rings is 1. The highest BCUT2D eigenvalue weighted by molar-refractivity contribution is 7.17. The minimum Gasteiger partial charge on any atom is -0.298 e. The first-order chi connectivity index (χ1) is 10.9. The number of benzene rings is 1. The summed E-state index contributed by atoms with van der Waals surface area (Å²) in [5.41, 5.74) is 3.94. The van der Waals surface area contributed by atoms with E-state index in [2.05, 4.69) is 16.5 Å². The summed E-state index contributed by atoms with van der Waals surface area (Å²) in [5, 5.41) is 0. The Morgan fingerprint density at radius 1 is 0.955 bits per heavy atom. The lowest BCUT2D eigenvalue weighted by Crippen LogP contribution is -1.86. The Kier molecular flexibility index (Phi) is 3.09. The number of nitrogens with zero attached hydrogens (tertiary/aromatic N) is 2. The van der Waals surface area contributed by atoms with E-state index in [9.17, 15) is 4.79 Å². The van der Waals surface area contributed by atoms with Crippen LogP contribution in [-0.4, -0.2) is 15.7 Å². The zero-order valence-electron chi connectivity index (χ0n) is 11.6. The van der Waals surface area contributed by atoms with Crippen molar-refractivity contribution < 1.29 is 4.79 Å². The Morgan fingerprint density at radius 2 is 1.77 bits per heavy atom. The Bertz CT molecular complexity index is 954. The van der Waals surface area contributed by atoms with E-state index in [1.807, 2.05) is 54.7 Å². The Morgan fingerprint density at radius 3 is 2.55 bits per heavy atom. The van der Waals surface area contributed by atoms with Gasteiger partial charge in [-0.15, -0.1) is 11.3 Å². The molecule has 3 nitrogen and oxygen atoms in total. The number of carbonyl (C=O) groups is 1. The van der Waals surface area contributed by atoms with Crippen molar-refractivity contribution in [2.45, 2.75) is 0 Å². The van der Waals surface area contributed by atoms with Crippen molar-refractivity contribution >= 4 is 23.3 Å². The fourth-order valence-corrected chi connectivity index (χ4v) is 3.44. The molecule has 0 saturated heterocycles. The van der Waals surface area contributed by atoms with E-state index in [0.29, 0.717) is 0 Å². The molecule has 1 aromatic carbocycles. The van der Waals surface area contributed by atoms with Gasteiger partial charge in [0.2, 0.25) is 0 Å². The van der Waals surface area contributed by atoms with Gasteiger partial charge >= 0.3 is 0 Å². The number of aromatic nitrogens is 2. The molecule has 106 valence electrons. The molecule has 0 atom stereocenters. The molecule has 22 heavy (non-hydrogen) atoms. The van der Waals surface area contributed by atoms with Crippen LogP contribution < -0.4 is 0 Å². The summed E-state index contributed by atoms with van der Waals surface area (Å²) in [6.45, 7) is 0. The second-order valence-corrected chi connectivity index (χ2v) is 6.04. The van der Waals surface area contributed by atoms with Crippen LogP contribution in [0.15, 0.2) is 66.9 Å². The molecular weight excluding hydrogens is 292 g/mol. The molecular formula is C18H12N2OS. The van der Waals surface area contributed by atoms with Crippen LogP contribution in [0.5, 0.6) is 0 Å². The van der Waals surface area contributed by atoms with Gasteiger partial charge in [-0.05, 0) is 24.3 Å². The lowest BCUT2D eigenvalue weighted by molar-refractivity contribution is 0.112. The van der Waals surface area contributed by atoms with Gasteiger partial charge in [0, 0.05) is 11.8 Å². The van der Waals surface area contributed by atoms with Crippen molar-refractivity contribution in [3.8, 4) is 21.8 Å². The maximum atomic E-state index is 11.0. The number of fused-ring (bicyclic) bond motifs is 1. The van der Waals surface area contributed by atoms with Crippen LogP contribution in [-0.2, 0) is 0 Å². The molecule has 0 aliphatic heterocycles. The van der Waals surface area contributed by atoms with E-state index < -0.39 is 0 Å². The maximum Gasteiger partial charge on any atom is 0.160 e. The summed E-state index contributed by atoms with van der Waals surface area (Å²) in [7, 11) is 0. The molecule has 0 unspecified atom stereocenters. The van der Waals surface area contributed by atoms with Gasteiger partial charge in [-0.2, -0.15) is 0 Å². The van der Waals surface area contributed by atoms with Crippen molar-refractivity contribution in [3.63, 3.8) is 0 Å². The van der Waals surface area contributed by atoms with Crippen LogP contribution in [0.2, 0.25) is 0 Å². The van der Waals surface area contributed by atoms with Gasteiger partial charge in [0.05, 0.1) is 21.1 Å². The van der Waals surface area contributed by atoms with Crippen molar-refractivity contribution in [1.29, 1.82) is 0 Å². The van der Waals surface area contributed by atoms with E-state index in [0.717, 1.165) is 38.6 Å². The number of carbonyl (C=O) groups excluding carboxylic acids is 1. The normalized spacial score (nSPS) is 10.9. The molecule has 0 aliphatic carbocycles. The predicted molar refractivity (Wildman–Crippen MR) is 89.3 cm³/mol. The SMILES string of the molecule is O=Cc1ccc(-c2c(-c3ccccc3)nc3ccccn23)s1. The molecule has 0 bridgehead atoms. The minimum absolute atomic E-state index is 0.722. The first kappa shape index (κ1) is 13.0. The van der Waals surface area contributed by atoms with Crippen LogP contribution in [0.25, 0.3) is 27.5 Å². The smallest absolute Gasteiger partial charge is 0.160 e. The molecule has 4 heteroatoms. The highest BCUT2D eigenvalue weighted by Gasteiger charge is 2.16. The molecule has 4 aromatic rings. The second-order valence-electron chi connectivity index (χ2n) is 4.92. The number of aldehydes is 1. The van der Waals surface area contributed by atoms with E-state index in [1.54, 1.807) is 0 Å². The summed E-state index contributed by atoms with van der Waals surface area (Å²) in [5.74, 6) is 0.